The number of hydrogen-bond acceptors (Lipinski definition) is 2. The Balaban J connectivity index is 3.16. The van der Waals surface area contributed by atoms with E-state index in [1.807, 2.05) is 20.8 Å². The van der Waals surface area contributed by atoms with E-state index in [0.717, 1.165) is 6.42 Å². The van der Waals surface area contributed by atoms with Crippen LogP contribution >= 0.6 is 0 Å². The van der Waals surface area contributed by atoms with Crippen molar-refractivity contribution in [3.8, 4) is 5.75 Å². The molecule has 0 aliphatic carbocycles. The first-order chi connectivity index (χ1) is 7.37. The molecule has 0 atom stereocenters. The van der Waals surface area contributed by atoms with Crippen molar-refractivity contribution in [2.24, 2.45) is 0 Å². The van der Waals surface area contributed by atoms with Crippen molar-refractivity contribution in [2.75, 3.05) is 0 Å². The number of ether oxygens (including phenoxy) is 1. The van der Waals surface area contributed by atoms with Crippen LogP contribution in [0.2, 0.25) is 0 Å². The summed E-state index contributed by atoms with van der Waals surface area (Å²) in [4.78, 5) is 11.3. The summed E-state index contributed by atoms with van der Waals surface area (Å²) in [6, 6.07) is 4.39. The van der Waals surface area contributed by atoms with Crippen molar-refractivity contribution in [1.82, 2.24) is 0 Å². The molecule has 1 aromatic rings. The fraction of sp³-hybridized carbons (Fsp3) is 0.462. The van der Waals surface area contributed by atoms with Crippen molar-refractivity contribution in [3.05, 3.63) is 29.6 Å². The predicted octanol–water partition coefficient (Wildman–Crippen LogP) is 3.60. The predicted molar refractivity (Wildman–Crippen MR) is 61.4 cm³/mol. The van der Waals surface area contributed by atoms with Gasteiger partial charge in [0.25, 0.3) is 0 Å². The number of halogens is 1. The van der Waals surface area contributed by atoms with Gasteiger partial charge in [0.1, 0.15) is 5.60 Å². The topological polar surface area (TPSA) is 26.3 Å². The molecular formula is C13H17FO2. The maximum Gasteiger partial charge on any atom is 0.166 e. The Morgan fingerprint density at radius 1 is 1.44 bits per heavy atom. The second kappa shape index (κ2) is 4.64. The molecule has 0 bridgehead atoms. The Morgan fingerprint density at radius 2 is 2.06 bits per heavy atom. The van der Waals surface area contributed by atoms with E-state index in [1.165, 1.54) is 19.1 Å². The quantitative estimate of drug-likeness (QED) is 0.730. The van der Waals surface area contributed by atoms with Gasteiger partial charge in [-0.15, -0.1) is 0 Å². The van der Waals surface area contributed by atoms with Gasteiger partial charge in [-0.25, -0.2) is 4.39 Å². The zero-order valence-electron chi connectivity index (χ0n) is 10.1. The number of ketones is 1. The third-order valence-corrected chi connectivity index (χ3v) is 2.58. The lowest BCUT2D eigenvalue weighted by atomic mass is 10.1. The molecule has 0 unspecified atom stereocenters. The van der Waals surface area contributed by atoms with Crippen molar-refractivity contribution in [3.63, 3.8) is 0 Å². The van der Waals surface area contributed by atoms with Gasteiger partial charge >= 0.3 is 0 Å². The Hall–Kier alpha value is -1.38. The second-order valence-corrected chi connectivity index (χ2v) is 4.39. The number of Topliss-reactive ketones (excluding diaryl/α,β-unsaturated/α-hetero) is 1. The van der Waals surface area contributed by atoms with Crippen LogP contribution in [0.15, 0.2) is 18.2 Å². The van der Waals surface area contributed by atoms with E-state index in [9.17, 15) is 9.18 Å². The lowest BCUT2D eigenvalue weighted by Gasteiger charge is -2.26. The molecule has 0 saturated heterocycles. The zero-order valence-corrected chi connectivity index (χ0v) is 10.1. The fourth-order valence-electron chi connectivity index (χ4n) is 1.24. The number of benzene rings is 1. The molecule has 0 fully saturated rings. The van der Waals surface area contributed by atoms with Crippen LogP contribution in [0.3, 0.4) is 0 Å². The van der Waals surface area contributed by atoms with E-state index >= 15 is 0 Å². The minimum absolute atomic E-state index is 0.0573. The molecule has 16 heavy (non-hydrogen) atoms. The van der Waals surface area contributed by atoms with Gasteiger partial charge in [0.05, 0.1) is 5.56 Å². The summed E-state index contributed by atoms with van der Waals surface area (Å²) >= 11 is 0. The third kappa shape index (κ3) is 2.81. The molecule has 0 radical (unpaired) electrons. The Labute approximate surface area is 95.4 Å². The summed E-state index contributed by atoms with van der Waals surface area (Å²) in [6.45, 7) is 7.08. The standard InChI is InChI=1S/C13H17FO2/c1-5-13(3,4)16-12-10(9(2)15)7-6-8-11(12)14/h6-8H,5H2,1-4H3. The molecule has 0 heterocycles. The van der Waals surface area contributed by atoms with E-state index < -0.39 is 11.4 Å². The van der Waals surface area contributed by atoms with E-state index in [-0.39, 0.29) is 11.5 Å². The largest absolute Gasteiger partial charge is 0.484 e. The summed E-state index contributed by atoms with van der Waals surface area (Å²) in [5, 5.41) is 0. The highest BCUT2D eigenvalue weighted by molar-refractivity contribution is 5.96. The molecule has 1 rings (SSSR count). The zero-order chi connectivity index (χ0) is 12.3. The summed E-state index contributed by atoms with van der Waals surface area (Å²) in [5.41, 5.74) is -0.187. The molecular weight excluding hydrogens is 207 g/mol. The van der Waals surface area contributed by atoms with E-state index in [0.29, 0.717) is 5.56 Å². The highest BCUT2D eigenvalue weighted by atomic mass is 19.1. The number of para-hydroxylation sites is 1. The Kier molecular flexibility index (Phi) is 3.68. The molecule has 1 aromatic carbocycles. The van der Waals surface area contributed by atoms with Crippen LogP contribution in [0.5, 0.6) is 5.75 Å². The van der Waals surface area contributed by atoms with Gasteiger partial charge in [0, 0.05) is 0 Å². The maximum atomic E-state index is 13.6. The van der Waals surface area contributed by atoms with E-state index in [2.05, 4.69) is 0 Å². The van der Waals surface area contributed by atoms with E-state index in [4.69, 9.17) is 4.74 Å². The van der Waals surface area contributed by atoms with Gasteiger partial charge in [-0.1, -0.05) is 13.0 Å². The van der Waals surface area contributed by atoms with Gasteiger partial charge in [0.15, 0.2) is 17.3 Å². The maximum absolute atomic E-state index is 13.6. The second-order valence-electron chi connectivity index (χ2n) is 4.39. The SMILES string of the molecule is CCC(C)(C)Oc1c(F)cccc1C(C)=O. The first-order valence-electron chi connectivity index (χ1n) is 5.36. The average Bonchev–Trinajstić information content (AvgIpc) is 2.20. The molecule has 0 aliphatic rings. The van der Waals surface area contributed by atoms with Crippen LogP contribution < -0.4 is 4.74 Å². The summed E-state index contributed by atoms with van der Waals surface area (Å²) in [7, 11) is 0. The summed E-state index contributed by atoms with van der Waals surface area (Å²) in [5.74, 6) is -0.627. The van der Waals surface area contributed by atoms with Gasteiger partial charge in [-0.05, 0) is 39.3 Å². The summed E-state index contributed by atoms with van der Waals surface area (Å²) < 4.78 is 19.2. The highest BCUT2D eigenvalue weighted by Gasteiger charge is 2.22. The van der Waals surface area contributed by atoms with Crippen LogP contribution in [0.25, 0.3) is 0 Å². The Bertz CT molecular complexity index is 397. The van der Waals surface area contributed by atoms with Gasteiger partial charge in [0.2, 0.25) is 0 Å². The molecule has 0 spiro atoms. The average molecular weight is 224 g/mol. The van der Waals surface area contributed by atoms with E-state index in [1.54, 1.807) is 6.07 Å². The molecule has 3 heteroatoms. The van der Waals surface area contributed by atoms with Crippen LogP contribution in [-0.2, 0) is 0 Å². The summed E-state index contributed by atoms with van der Waals surface area (Å²) in [6.07, 6.45) is 0.735. The molecule has 0 amide bonds. The first-order valence-corrected chi connectivity index (χ1v) is 5.36. The van der Waals surface area contributed by atoms with Gasteiger partial charge < -0.3 is 4.74 Å². The monoisotopic (exact) mass is 224 g/mol. The number of carbonyl (C=O) groups excluding carboxylic acids is 1. The van der Waals surface area contributed by atoms with Crippen LogP contribution in [-0.4, -0.2) is 11.4 Å². The van der Waals surface area contributed by atoms with Crippen LogP contribution in [0, 0.1) is 5.82 Å². The van der Waals surface area contributed by atoms with Crippen molar-refractivity contribution in [1.29, 1.82) is 0 Å². The number of hydrogen-bond donors (Lipinski definition) is 0. The fourth-order valence-corrected chi connectivity index (χ4v) is 1.24. The smallest absolute Gasteiger partial charge is 0.166 e. The third-order valence-electron chi connectivity index (χ3n) is 2.58. The first kappa shape index (κ1) is 12.7. The van der Waals surface area contributed by atoms with Crippen LogP contribution in [0.4, 0.5) is 4.39 Å². The molecule has 2 nitrogen and oxygen atoms in total. The number of carbonyl (C=O) groups is 1. The molecule has 0 N–H and O–H groups in total. The number of rotatable bonds is 4. The Morgan fingerprint density at radius 3 is 2.56 bits per heavy atom. The van der Waals surface area contributed by atoms with Crippen molar-refractivity contribution in [2.45, 2.75) is 39.7 Å². The van der Waals surface area contributed by atoms with Gasteiger partial charge in [-0.2, -0.15) is 0 Å². The minimum Gasteiger partial charge on any atom is -0.484 e. The molecule has 0 aliphatic heterocycles. The lowest BCUT2D eigenvalue weighted by molar-refractivity contribution is 0.0916. The molecule has 0 aromatic heterocycles. The normalized spacial score (nSPS) is 11.3. The van der Waals surface area contributed by atoms with Crippen molar-refractivity contribution < 1.29 is 13.9 Å². The van der Waals surface area contributed by atoms with Crippen molar-refractivity contribution >= 4 is 5.78 Å². The minimum atomic E-state index is -0.491. The van der Waals surface area contributed by atoms with Gasteiger partial charge in [-0.3, -0.25) is 4.79 Å². The molecule has 88 valence electrons. The lowest BCUT2D eigenvalue weighted by Crippen LogP contribution is -2.28. The molecule has 0 saturated carbocycles. The van der Waals surface area contributed by atoms with Crippen LogP contribution in [0.1, 0.15) is 44.5 Å². The highest BCUT2D eigenvalue weighted by Crippen LogP contribution is 2.28.